The summed E-state index contributed by atoms with van der Waals surface area (Å²) in [5, 5.41) is 2.60. The fraction of sp³-hybridized carbons (Fsp3) is 0.207. The van der Waals surface area contributed by atoms with Crippen LogP contribution in [0.3, 0.4) is 0 Å². The predicted molar refractivity (Wildman–Crippen MR) is 137 cm³/mol. The second kappa shape index (κ2) is 11.2. The van der Waals surface area contributed by atoms with Crippen LogP contribution in [0.15, 0.2) is 79.1 Å². The fourth-order valence-corrected chi connectivity index (χ4v) is 3.59. The van der Waals surface area contributed by atoms with E-state index in [4.69, 9.17) is 0 Å². The summed E-state index contributed by atoms with van der Waals surface area (Å²) in [4.78, 5) is 18.7. The normalized spacial score (nSPS) is 10.4. The van der Waals surface area contributed by atoms with Gasteiger partial charge in [0.05, 0.1) is 0 Å². The van der Waals surface area contributed by atoms with Gasteiger partial charge in [0, 0.05) is 29.5 Å². The van der Waals surface area contributed by atoms with E-state index >= 15 is 0 Å². The van der Waals surface area contributed by atoms with E-state index in [9.17, 15) is 4.79 Å². The van der Waals surface area contributed by atoms with E-state index in [0.29, 0.717) is 12.3 Å². The van der Waals surface area contributed by atoms with Crippen LogP contribution < -0.4 is 5.32 Å². The standard InChI is InChI=1S/C16H19N.C13H12N2O/c1-11(2)15-7-12(3)8-16(10-15)14-5-6-17-13(4)9-14;1-10-8-12(6-7-14-10)11-2-4-13(5-3-11)15-9-16/h5-11H,1-4H3;2-9H,1H3,(H,15,16). The molecule has 0 aliphatic carbocycles. The first kappa shape index (κ1) is 23.9. The average molecular weight is 438 g/mol. The van der Waals surface area contributed by atoms with Crippen molar-refractivity contribution >= 4 is 12.1 Å². The Morgan fingerprint density at radius 2 is 1.27 bits per heavy atom. The second-order valence-corrected chi connectivity index (χ2v) is 8.50. The van der Waals surface area contributed by atoms with E-state index in [0.717, 1.165) is 28.2 Å². The molecular weight excluding hydrogens is 406 g/mol. The van der Waals surface area contributed by atoms with Crippen LogP contribution in [-0.2, 0) is 4.79 Å². The first-order valence-corrected chi connectivity index (χ1v) is 11.1. The molecule has 0 bridgehead atoms. The number of carbonyl (C=O) groups is 1. The maximum Gasteiger partial charge on any atom is 0.211 e. The average Bonchev–Trinajstić information content (AvgIpc) is 2.80. The van der Waals surface area contributed by atoms with E-state index in [1.807, 2.05) is 56.4 Å². The molecule has 0 atom stereocenters. The summed E-state index contributed by atoms with van der Waals surface area (Å²) in [6.07, 6.45) is 4.34. The molecule has 0 fully saturated rings. The molecular formula is C29H31N3O. The zero-order valence-electron chi connectivity index (χ0n) is 20.0. The van der Waals surface area contributed by atoms with Gasteiger partial charge in [0.2, 0.25) is 6.41 Å². The summed E-state index contributed by atoms with van der Waals surface area (Å²) in [7, 11) is 0. The minimum Gasteiger partial charge on any atom is -0.329 e. The molecule has 0 radical (unpaired) electrons. The van der Waals surface area contributed by atoms with Gasteiger partial charge in [-0.05, 0) is 90.9 Å². The molecule has 33 heavy (non-hydrogen) atoms. The number of benzene rings is 2. The van der Waals surface area contributed by atoms with Crippen LogP contribution in [0.5, 0.6) is 0 Å². The first-order valence-electron chi connectivity index (χ1n) is 11.1. The van der Waals surface area contributed by atoms with Crippen molar-refractivity contribution in [3.05, 3.63) is 102 Å². The lowest BCUT2D eigenvalue weighted by Gasteiger charge is -2.10. The maximum atomic E-state index is 10.3. The fourth-order valence-electron chi connectivity index (χ4n) is 3.59. The number of amides is 1. The van der Waals surface area contributed by atoms with E-state index in [2.05, 4.69) is 66.4 Å². The minimum absolute atomic E-state index is 0.566. The summed E-state index contributed by atoms with van der Waals surface area (Å²) < 4.78 is 0. The molecule has 4 aromatic rings. The molecule has 1 amide bonds. The number of hydrogen-bond acceptors (Lipinski definition) is 3. The van der Waals surface area contributed by atoms with Gasteiger partial charge >= 0.3 is 0 Å². The van der Waals surface area contributed by atoms with Crippen molar-refractivity contribution in [3.63, 3.8) is 0 Å². The number of carbonyl (C=O) groups excluding carboxylic acids is 1. The van der Waals surface area contributed by atoms with Gasteiger partial charge in [0.1, 0.15) is 0 Å². The van der Waals surface area contributed by atoms with Gasteiger partial charge in [-0.3, -0.25) is 14.8 Å². The largest absolute Gasteiger partial charge is 0.329 e. The highest BCUT2D eigenvalue weighted by Gasteiger charge is 2.05. The number of hydrogen-bond donors (Lipinski definition) is 1. The van der Waals surface area contributed by atoms with E-state index in [1.54, 1.807) is 6.20 Å². The molecule has 168 valence electrons. The summed E-state index contributed by atoms with van der Waals surface area (Å²) in [5.74, 6) is 0.566. The van der Waals surface area contributed by atoms with Crippen LogP contribution in [-0.4, -0.2) is 16.4 Å². The van der Waals surface area contributed by atoms with Gasteiger partial charge in [-0.2, -0.15) is 0 Å². The van der Waals surface area contributed by atoms with Crippen molar-refractivity contribution < 1.29 is 4.79 Å². The highest BCUT2D eigenvalue weighted by atomic mass is 16.1. The van der Waals surface area contributed by atoms with Crippen molar-refractivity contribution in [3.8, 4) is 22.3 Å². The highest BCUT2D eigenvalue weighted by molar-refractivity contribution is 5.73. The van der Waals surface area contributed by atoms with Gasteiger partial charge < -0.3 is 5.32 Å². The van der Waals surface area contributed by atoms with Crippen molar-refractivity contribution in [2.45, 2.75) is 40.5 Å². The zero-order valence-corrected chi connectivity index (χ0v) is 20.0. The molecule has 1 N–H and O–H groups in total. The SMILES string of the molecule is Cc1cc(-c2ccc(NC=O)cc2)ccn1.Cc1cc(-c2ccnc(C)c2)cc(C(C)C)c1. The molecule has 0 saturated heterocycles. The summed E-state index contributed by atoms with van der Waals surface area (Å²) in [6.45, 7) is 10.6. The molecule has 0 aliphatic rings. The monoisotopic (exact) mass is 437 g/mol. The Labute approximate surface area is 196 Å². The number of aromatic nitrogens is 2. The maximum absolute atomic E-state index is 10.3. The van der Waals surface area contributed by atoms with Crippen molar-refractivity contribution in [1.29, 1.82) is 0 Å². The molecule has 2 aromatic carbocycles. The Morgan fingerprint density at radius 3 is 1.79 bits per heavy atom. The lowest BCUT2D eigenvalue weighted by atomic mass is 9.95. The topological polar surface area (TPSA) is 54.9 Å². The van der Waals surface area contributed by atoms with Gasteiger partial charge in [0.25, 0.3) is 0 Å². The first-order chi connectivity index (χ1) is 15.9. The number of nitrogens with zero attached hydrogens (tertiary/aromatic N) is 2. The number of anilines is 1. The van der Waals surface area contributed by atoms with Crippen LogP contribution in [0, 0.1) is 20.8 Å². The van der Waals surface area contributed by atoms with Crippen molar-refractivity contribution in [1.82, 2.24) is 9.97 Å². The minimum atomic E-state index is 0.566. The van der Waals surface area contributed by atoms with Crippen LogP contribution >= 0.6 is 0 Å². The lowest BCUT2D eigenvalue weighted by Crippen LogP contribution is -1.92. The van der Waals surface area contributed by atoms with Crippen LogP contribution in [0.1, 0.15) is 42.3 Å². The third kappa shape index (κ3) is 6.84. The molecule has 0 aliphatic heterocycles. The van der Waals surface area contributed by atoms with Crippen molar-refractivity contribution in [2.24, 2.45) is 0 Å². The van der Waals surface area contributed by atoms with E-state index in [-0.39, 0.29) is 0 Å². The summed E-state index contributed by atoms with van der Waals surface area (Å²) in [6, 6.07) is 22.7. The Morgan fingerprint density at radius 1 is 0.697 bits per heavy atom. The molecule has 0 unspecified atom stereocenters. The molecule has 0 spiro atoms. The van der Waals surface area contributed by atoms with Gasteiger partial charge in [-0.1, -0.05) is 49.7 Å². The third-order valence-electron chi connectivity index (χ3n) is 5.34. The zero-order chi connectivity index (χ0) is 23.8. The van der Waals surface area contributed by atoms with Crippen molar-refractivity contribution in [2.75, 3.05) is 5.32 Å². The molecule has 4 nitrogen and oxygen atoms in total. The Hall–Kier alpha value is -3.79. The quantitative estimate of drug-likeness (QED) is 0.338. The van der Waals surface area contributed by atoms with Crippen LogP contribution in [0.4, 0.5) is 5.69 Å². The third-order valence-corrected chi connectivity index (χ3v) is 5.34. The lowest BCUT2D eigenvalue weighted by molar-refractivity contribution is -0.105. The summed E-state index contributed by atoms with van der Waals surface area (Å²) in [5.41, 5.74) is 10.4. The molecule has 2 aromatic heterocycles. The number of rotatable bonds is 5. The number of pyridine rings is 2. The van der Waals surface area contributed by atoms with Gasteiger partial charge in [-0.25, -0.2) is 0 Å². The molecule has 2 heterocycles. The molecule has 4 rings (SSSR count). The Bertz CT molecular complexity index is 1210. The number of aryl methyl sites for hydroxylation is 3. The van der Waals surface area contributed by atoms with Crippen LogP contribution in [0.2, 0.25) is 0 Å². The highest BCUT2D eigenvalue weighted by Crippen LogP contribution is 2.26. The van der Waals surface area contributed by atoms with Crippen LogP contribution in [0.25, 0.3) is 22.3 Å². The van der Waals surface area contributed by atoms with E-state index < -0.39 is 0 Å². The number of nitrogens with one attached hydrogen (secondary N) is 1. The van der Waals surface area contributed by atoms with E-state index in [1.165, 1.54) is 22.3 Å². The Balaban J connectivity index is 0.000000186. The predicted octanol–water partition coefficient (Wildman–Crippen LogP) is 7.11. The van der Waals surface area contributed by atoms with Gasteiger partial charge in [-0.15, -0.1) is 0 Å². The molecule has 4 heteroatoms. The summed E-state index contributed by atoms with van der Waals surface area (Å²) >= 11 is 0. The second-order valence-electron chi connectivity index (χ2n) is 8.50. The Kier molecular flexibility index (Phi) is 8.09. The molecule has 0 saturated carbocycles. The smallest absolute Gasteiger partial charge is 0.211 e. The van der Waals surface area contributed by atoms with Gasteiger partial charge in [0.15, 0.2) is 0 Å².